The summed E-state index contributed by atoms with van der Waals surface area (Å²) < 4.78 is 20.8. The fraction of sp³-hybridized carbons (Fsp3) is 0.643. The number of thioether (sulfide) groups is 1. The zero-order chi connectivity index (χ0) is 24.6. The normalized spacial score (nSPS) is 22.1. The van der Waals surface area contributed by atoms with Crippen molar-refractivity contribution in [3.05, 3.63) is 36.0 Å². The number of fused-ring (bicyclic) bond motifs is 1. The highest BCUT2D eigenvalue weighted by atomic mass is 32.2. The number of carboxylic acid groups (broad SMARTS) is 1. The standard InChI is InChI=1S/C28H39FN2O3S/c1-34-22-8-10-27-25(18-22)24(12-14-30-27)26(29)9-6-20-13-16-31(19-21(20)7-11-28(32)33)15-3-17-35-23-4-2-5-23/h8,10,12,14,18,20-21,23,26H,2-7,9,11,13,15-17,19H2,1H3,(H,32,33)/t20-,21+,26?/m1/s1. The van der Waals surface area contributed by atoms with Crippen molar-refractivity contribution in [3.63, 3.8) is 0 Å². The maximum atomic E-state index is 15.5. The van der Waals surface area contributed by atoms with Crippen molar-refractivity contribution in [2.75, 3.05) is 32.5 Å². The summed E-state index contributed by atoms with van der Waals surface area (Å²) >= 11 is 2.12. The quantitative estimate of drug-likeness (QED) is 0.315. The second-order valence-corrected chi connectivity index (χ2v) is 11.6. The van der Waals surface area contributed by atoms with Crippen molar-refractivity contribution < 1.29 is 19.0 Å². The summed E-state index contributed by atoms with van der Waals surface area (Å²) in [6.07, 6.45) is 9.08. The SMILES string of the molecule is COc1ccc2nccc(C(F)CC[C@@H]3CCN(CCCSC4CCC4)C[C@@H]3CCC(=O)O)c2c1. The van der Waals surface area contributed by atoms with Gasteiger partial charge in [-0.2, -0.15) is 11.8 Å². The number of hydrogen-bond acceptors (Lipinski definition) is 5. The number of methoxy groups -OCH3 is 1. The van der Waals surface area contributed by atoms with E-state index in [2.05, 4.69) is 21.6 Å². The fourth-order valence-corrected chi connectivity index (χ4v) is 6.81. The second-order valence-electron chi connectivity index (χ2n) is 10.1. The summed E-state index contributed by atoms with van der Waals surface area (Å²) in [7, 11) is 1.61. The summed E-state index contributed by atoms with van der Waals surface area (Å²) in [5.74, 6) is 1.87. The molecule has 192 valence electrons. The Balaban J connectivity index is 1.32. The number of hydrogen-bond donors (Lipinski definition) is 1. The minimum atomic E-state index is -1.07. The molecule has 2 heterocycles. The largest absolute Gasteiger partial charge is 0.497 e. The smallest absolute Gasteiger partial charge is 0.303 e. The van der Waals surface area contributed by atoms with Gasteiger partial charge in [-0.15, -0.1) is 0 Å². The number of piperidine rings is 1. The highest BCUT2D eigenvalue weighted by molar-refractivity contribution is 7.99. The molecule has 3 atom stereocenters. The van der Waals surface area contributed by atoms with Gasteiger partial charge in [0.05, 0.1) is 12.6 Å². The van der Waals surface area contributed by atoms with E-state index in [4.69, 9.17) is 4.74 Å². The highest BCUT2D eigenvalue weighted by Crippen LogP contribution is 2.37. The molecule has 35 heavy (non-hydrogen) atoms. The topological polar surface area (TPSA) is 62.7 Å². The number of nitrogens with zero attached hydrogens (tertiary/aromatic N) is 2. The number of aromatic nitrogens is 1. The molecule has 7 heteroatoms. The van der Waals surface area contributed by atoms with E-state index in [-0.39, 0.29) is 6.42 Å². The van der Waals surface area contributed by atoms with E-state index in [1.807, 2.05) is 18.2 Å². The average molecular weight is 503 g/mol. The van der Waals surface area contributed by atoms with E-state index in [1.165, 1.54) is 31.4 Å². The van der Waals surface area contributed by atoms with Crippen LogP contribution in [0.1, 0.15) is 69.5 Å². The summed E-state index contributed by atoms with van der Waals surface area (Å²) in [6.45, 7) is 3.07. The molecule has 2 fully saturated rings. The lowest BCUT2D eigenvalue weighted by atomic mass is 9.79. The minimum absolute atomic E-state index is 0.195. The molecule has 1 saturated heterocycles. The molecule has 4 rings (SSSR count). The Morgan fingerprint density at radius 1 is 1.26 bits per heavy atom. The predicted molar refractivity (Wildman–Crippen MR) is 141 cm³/mol. The fourth-order valence-electron chi connectivity index (χ4n) is 5.51. The van der Waals surface area contributed by atoms with E-state index < -0.39 is 12.1 Å². The van der Waals surface area contributed by atoms with Crippen molar-refractivity contribution in [1.82, 2.24) is 9.88 Å². The summed E-state index contributed by atoms with van der Waals surface area (Å²) in [6, 6.07) is 7.35. The van der Waals surface area contributed by atoms with Crippen LogP contribution in [0.2, 0.25) is 0 Å². The zero-order valence-electron chi connectivity index (χ0n) is 20.8. The van der Waals surface area contributed by atoms with Crippen LogP contribution in [0.5, 0.6) is 5.75 Å². The van der Waals surface area contributed by atoms with Gasteiger partial charge in [0.25, 0.3) is 0 Å². The van der Waals surface area contributed by atoms with E-state index in [0.29, 0.717) is 36.0 Å². The van der Waals surface area contributed by atoms with Crippen LogP contribution < -0.4 is 4.74 Å². The van der Waals surface area contributed by atoms with Gasteiger partial charge in [0.15, 0.2) is 0 Å². The molecule has 1 aliphatic carbocycles. The van der Waals surface area contributed by atoms with E-state index in [0.717, 1.165) is 48.6 Å². The first kappa shape index (κ1) is 26.2. The monoisotopic (exact) mass is 502 g/mol. The van der Waals surface area contributed by atoms with Gasteiger partial charge in [0.2, 0.25) is 0 Å². The number of likely N-dealkylation sites (tertiary alicyclic amines) is 1. The summed E-state index contributed by atoms with van der Waals surface area (Å²) in [5.41, 5.74) is 1.44. The molecule has 1 aromatic carbocycles. The van der Waals surface area contributed by atoms with Gasteiger partial charge in [-0.05, 0) is 105 Å². The van der Waals surface area contributed by atoms with Crippen LogP contribution in [0.4, 0.5) is 4.39 Å². The van der Waals surface area contributed by atoms with Crippen molar-refractivity contribution in [2.45, 2.75) is 69.2 Å². The summed E-state index contributed by atoms with van der Waals surface area (Å²) in [5, 5.41) is 11.0. The third kappa shape index (κ3) is 7.32. The van der Waals surface area contributed by atoms with Crippen LogP contribution in [-0.2, 0) is 4.79 Å². The lowest BCUT2D eigenvalue weighted by Gasteiger charge is -2.39. The Bertz CT molecular complexity index is 970. The Morgan fingerprint density at radius 3 is 2.86 bits per heavy atom. The Hall–Kier alpha value is -1.86. The zero-order valence-corrected chi connectivity index (χ0v) is 21.6. The molecular formula is C28H39FN2O3S. The molecule has 1 aromatic heterocycles. The Morgan fingerprint density at radius 2 is 2.11 bits per heavy atom. The number of pyridine rings is 1. The molecule has 1 aliphatic heterocycles. The van der Waals surface area contributed by atoms with Crippen LogP contribution in [0.3, 0.4) is 0 Å². The molecule has 2 aliphatic rings. The van der Waals surface area contributed by atoms with Crippen molar-refractivity contribution in [2.24, 2.45) is 11.8 Å². The van der Waals surface area contributed by atoms with E-state index >= 15 is 4.39 Å². The third-order valence-corrected chi connectivity index (χ3v) is 9.31. The van der Waals surface area contributed by atoms with Crippen molar-refractivity contribution in [3.8, 4) is 5.75 Å². The van der Waals surface area contributed by atoms with Gasteiger partial charge in [0, 0.05) is 29.8 Å². The third-order valence-electron chi connectivity index (χ3n) is 7.84. The lowest BCUT2D eigenvalue weighted by Crippen LogP contribution is -2.41. The number of ether oxygens (including phenoxy) is 1. The first-order chi connectivity index (χ1) is 17.0. The number of aliphatic carboxylic acids is 1. The summed E-state index contributed by atoms with van der Waals surface area (Å²) in [4.78, 5) is 18.2. The van der Waals surface area contributed by atoms with E-state index in [9.17, 15) is 9.90 Å². The van der Waals surface area contributed by atoms with Crippen LogP contribution in [0.25, 0.3) is 10.9 Å². The van der Waals surface area contributed by atoms with Crippen molar-refractivity contribution >= 4 is 28.6 Å². The van der Waals surface area contributed by atoms with Gasteiger partial charge in [-0.1, -0.05) is 6.42 Å². The first-order valence-corrected chi connectivity index (χ1v) is 14.2. The molecular weight excluding hydrogens is 463 g/mol. The number of halogens is 1. The number of alkyl halides is 1. The molecule has 0 bridgehead atoms. The van der Waals surface area contributed by atoms with Gasteiger partial charge in [0.1, 0.15) is 11.9 Å². The highest BCUT2D eigenvalue weighted by Gasteiger charge is 2.30. The lowest BCUT2D eigenvalue weighted by molar-refractivity contribution is -0.137. The van der Waals surface area contributed by atoms with Crippen LogP contribution in [0.15, 0.2) is 30.5 Å². The maximum absolute atomic E-state index is 15.5. The predicted octanol–water partition coefficient (Wildman–Crippen LogP) is 6.51. The molecule has 1 N–H and O–H groups in total. The van der Waals surface area contributed by atoms with Crippen LogP contribution >= 0.6 is 11.8 Å². The van der Waals surface area contributed by atoms with E-state index in [1.54, 1.807) is 19.4 Å². The number of carboxylic acids is 1. The molecule has 0 amide bonds. The Labute approximate surface area is 212 Å². The van der Waals surface area contributed by atoms with Gasteiger partial charge in [-0.25, -0.2) is 4.39 Å². The molecule has 2 aromatic rings. The molecule has 1 unspecified atom stereocenters. The minimum Gasteiger partial charge on any atom is -0.497 e. The van der Waals surface area contributed by atoms with Crippen LogP contribution in [-0.4, -0.2) is 58.7 Å². The molecule has 1 saturated carbocycles. The molecule has 0 spiro atoms. The van der Waals surface area contributed by atoms with Gasteiger partial charge in [-0.3, -0.25) is 9.78 Å². The Kier molecular flexibility index (Phi) is 9.67. The number of carbonyl (C=O) groups is 1. The molecule has 0 radical (unpaired) electrons. The second kappa shape index (κ2) is 12.9. The first-order valence-electron chi connectivity index (χ1n) is 13.2. The van der Waals surface area contributed by atoms with Crippen LogP contribution in [0, 0.1) is 11.8 Å². The van der Waals surface area contributed by atoms with Crippen molar-refractivity contribution in [1.29, 1.82) is 0 Å². The molecule has 5 nitrogen and oxygen atoms in total. The number of rotatable bonds is 13. The number of benzene rings is 1. The van der Waals surface area contributed by atoms with Gasteiger partial charge >= 0.3 is 5.97 Å². The maximum Gasteiger partial charge on any atom is 0.303 e. The average Bonchev–Trinajstić information content (AvgIpc) is 2.84. The van der Waals surface area contributed by atoms with Gasteiger partial charge < -0.3 is 14.7 Å².